The zero-order valence-corrected chi connectivity index (χ0v) is 17.0. The first-order valence-corrected chi connectivity index (χ1v) is 9.56. The number of methoxy groups -OCH3 is 1. The Labute approximate surface area is 163 Å². The molecule has 0 saturated heterocycles. The number of hydrogen-bond donors (Lipinski definition) is 1. The molecule has 8 heteroatoms. The maximum atomic E-state index is 9.89. The number of thiophene rings is 1. The maximum absolute atomic E-state index is 9.89. The third-order valence-corrected chi connectivity index (χ3v) is 5.79. The number of aromatic nitrogens is 2. The Kier molecular flexibility index (Phi) is 5.48. The molecule has 0 radical (unpaired) electrons. The van der Waals surface area contributed by atoms with Crippen LogP contribution in [0, 0.1) is 3.57 Å². The first-order chi connectivity index (χ1) is 12.0. The van der Waals surface area contributed by atoms with Gasteiger partial charge < -0.3 is 9.84 Å². The Morgan fingerprint density at radius 1 is 1.28 bits per heavy atom. The zero-order valence-electron chi connectivity index (χ0n) is 14.0. The molecule has 2 aromatic heterocycles. The molecule has 130 valence electrons. The molecule has 3 aromatic rings. The van der Waals surface area contributed by atoms with Crippen LogP contribution >= 0.6 is 33.9 Å². The summed E-state index contributed by atoms with van der Waals surface area (Å²) in [5, 5.41) is 19.4. The van der Waals surface area contributed by atoms with Crippen LogP contribution in [0.15, 0.2) is 34.8 Å². The number of nitrogens with zero attached hydrogens (tertiary/aromatic N) is 4. The van der Waals surface area contributed by atoms with Crippen LogP contribution in [0.25, 0.3) is 10.2 Å². The molecular formula is C17H17IN4O2S. The number of phenolic OH excluding ortho intramolecular Hbond substituents is 1. The summed E-state index contributed by atoms with van der Waals surface area (Å²) in [6.07, 6.45) is 1.52. The zero-order chi connectivity index (χ0) is 18.0. The van der Waals surface area contributed by atoms with E-state index >= 15 is 0 Å². The molecule has 0 saturated carbocycles. The summed E-state index contributed by atoms with van der Waals surface area (Å²) < 4.78 is 5.88. The molecular weight excluding hydrogens is 451 g/mol. The Morgan fingerprint density at radius 3 is 2.80 bits per heavy atom. The van der Waals surface area contributed by atoms with E-state index in [1.54, 1.807) is 17.4 Å². The van der Waals surface area contributed by atoms with Gasteiger partial charge in [-0.25, -0.2) is 9.97 Å². The van der Waals surface area contributed by atoms with Gasteiger partial charge in [0.25, 0.3) is 0 Å². The summed E-state index contributed by atoms with van der Waals surface area (Å²) >= 11 is 3.72. The van der Waals surface area contributed by atoms with Gasteiger partial charge in [0.15, 0.2) is 17.3 Å². The fourth-order valence-corrected chi connectivity index (χ4v) is 3.95. The molecule has 1 N–H and O–H groups in total. The van der Waals surface area contributed by atoms with Crippen molar-refractivity contribution in [2.75, 3.05) is 7.11 Å². The van der Waals surface area contributed by atoms with Gasteiger partial charge in [0.1, 0.15) is 11.2 Å². The molecule has 3 rings (SSSR count). The molecule has 6 nitrogen and oxygen atoms in total. The number of halogens is 1. The second-order valence-electron chi connectivity index (χ2n) is 5.75. The highest BCUT2D eigenvalue weighted by Crippen LogP contribution is 2.34. The molecule has 0 bridgehead atoms. The number of ether oxygens (including phenoxy) is 1. The molecule has 0 amide bonds. The van der Waals surface area contributed by atoms with Gasteiger partial charge in [-0.2, -0.15) is 5.11 Å². The Hall–Kier alpha value is -1.81. The van der Waals surface area contributed by atoms with E-state index in [0.717, 1.165) is 15.8 Å². The average Bonchev–Trinajstić information content (AvgIpc) is 3.03. The van der Waals surface area contributed by atoms with E-state index in [1.165, 1.54) is 18.3 Å². The first kappa shape index (κ1) is 18.0. The van der Waals surface area contributed by atoms with Gasteiger partial charge in [0.05, 0.1) is 22.6 Å². The summed E-state index contributed by atoms with van der Waals surface area (Å²) in [7, 11) is 1.52. The Balaban J connectivity index is 1.85. The summed E-state index contributed by atoms with van der Waals surface area (Å²) in [5.41, 5.74) is 0.904. The highest BCUT2D eigenvalue weighted by Gasteiger charge is 2.11. The number of rotatable bonds is 5. The molecule has 0 unspecified atom stereocenters. The highest BCUT2D eigenvalue weighted by atomic mass is 127. The molecule has 25 heavy (non-hydrogen) atoms. The largest absolute Gasteiger partial charge is 0.504 e. The molecule has 2 heterocycles. The van der Waals surface area contributed by atoms with E-state index in [-0.39, 0.29) is 5.75 Å². The van der Waals surface area contributed by atoms with Gasteiger partial charge in [-0.05, 0) is 52.3 Å². The van der Waals surface area contributed by atoms with Gasteiger partial charge in [0.2, 0.25) is 0 Å². The third kappa shape index (κ3) is 3.90. The summed E-state index contributed by atoms with van der Waals surface area (Å²) in [4.78, 5) is 10.7. The van der Waals surface area contributed by atoms with Crippen molar-refractivity contribution in [2.24, 2.45) is 10.2 Å². The summed E-state index contributed by atoms with van der Waals surface area (Å²) in [6.45, 7) is 4.68. The smallest absolute Gasteiger partial charge is 0.185 e. The quantitative estimate of drug-likeness (QED) is 0.401. The third-order valence-electron chi connectivity index (χ3n) is 3.62. The lowest BCUT2D eigenvalue weighted by Crippen LogP contribution is -1.90. The van der Waals surface area contributed by atoms with Crippen molar-refractivity contribution in [2.45, 2.75) is 26.3 Å². The molecule has 0 aliphatic rings. The van der Waals surface area contributed by atoms with E-state index in [0.29, 0.717) is 27.6 Å². The Morgan fingerprint density at radius 2 is 2.08 bits per heavy atom. The SMILES string of the molecule is COc1cc(CN=Nc2ncnc3sc(C(C)C)cc23)cc(I)c1O. The van der Waals surface area contributed by atoms with Crippen LogP contribution in [0.1, 0.15) is 30.2 Å². The van der Waals surface area contributed by atoms with Crippen LogP contribution in [0.5, 0.6) is 11.5 Å². The summed E-state index contributed by atoms with van der Waals surface area (Å²) in [5.74, 6) is 1.59. The van der Waals surface area contributed by atoms with Gasteiger partial charge in [-0.15, -0.1) is 16.5 Å². The van der Waals surface area contributed by atoms with Gasteiger partial charge in [0, 0.05) is 4.88 Å². The average molecular weight is 468 g/mol. The maximum Gasteiger partial charge on any atom is 0.185 e. The van der Waals surface area contributed by atoms with Crippen molar-refractivity contribution in [3.8, 4) is 11.5 Å². The number of hydrogen-bond acceptors (Lipinski definition) is 7. The van der Waals surface area contributed by atoms with Crippen molar-refractivity contribution in [3.63, 3.8) is 0 Å². The second-order valence-corrected chi connectivity index (χ2v) is 7.97. The lowest BCUT2D eigenvalue weighted by molar-refractivity contribution is 0.371. The van der Waals surface area contributed by atoms with Crippen LogP contribution < -0.4 is 4.74 Å². The van der Waals surface area contributed by atoms with Crippen molar-refractivity contribution in [1.82, 2.24) is 9.97 Å². The van der Waals surface area contributed by atoms with Gasteiger partial charge >= 0.3 is 0 Å². The minimum absolute atomic E-state index is 0.140. The molecule has 0 spiro atoms. The summed E-state index contributed by atoms with van der Waals surface area (Å²) in [6, 6.07) is 5.70. The molecule has 0 fully saturated rings. The topological polar surface area (TPSA) is 80.0 Å². The number of phenols is 1. The minimum Gasteiger partial charge on any atom is -0.504 e. The van der Waals surface area contributed by atoms with Crippen molar-refractivity contribution < 1.29 is 9.84 Å². The van der Waals surface area contributed by atoms with Gasteiger partial charge in [-0.1, -0.05) is 13.8 Å². The number of fused-ring (bicyclic) bond motifs is 1. The lowest BCUT2D eigenvalue weighted by Gasteiger charge is -2.07. The first-order valence-electron chi connectivity index (χ1n) is 7.67. The van der Waals surface area contributed by atoms with Crippen LogP contribution in [0.4, 0.5) is 5.82 Å². The fourth-order valence-electron chi connectivity index (χ4n) is 2.28. The highest BCUT2D eigenvalue weighted by molar-refractivity contribution is 14.1. The van der Waals surface area contributed by atoms with Crippen LogP contribution in [0.2, 0.25) is 0 Å². The standard InChI is InChI=1S/C17H17IN4O2S/c1-9(2)14-6-11-16(19-8-20-17(11)25-14)22-21-7-10-4-12(18)15(23)13(5-10)24-3/h4-6,8-9,23H,7H2,1-3H3. The second kappa shape index (κ2) is 7.61. The van der Waals surface area contributed by atoms with Crippen LogP contribution in [-0.2, 0) is 6.54 Å². The number of benzene rings is 1. The van der Waals surface area contributed by atoms with Crippen molar-refractivity contribution in [3.05, 3.63) is 38.5 Å². The molecule has 0 aliphatic carbocycles. The predicted molar refractivity (Wildman–Crippen MR) is 107 cm³/mol. The monoisotopic (exact) mass is 468 g/mol. The van der Waals surface area contributed by atoms with E-state index in [1.807, 2.05) is 6.07 Å². The fraction of sp³-hybridized carbons (Fsp3) is 0.294. The van der Waals surface area contributed by atoms with Crippen LogP contribution in [-0.4, -0.2) is 22.2 Å². The van der Waals surface area contributed by atoms with Crippen molar-refractivity contribution in [1.29, 1.82) is 0 Å². The molecule has 0 aliphatic heterocycles. The lowest BCUT2D eigenvalue weighted by atomic mass is 10.2. The minimum atomic E-state index is 0.140. The van der Waals surface area contributed by atoms with Crippen LogP contribution in [0.3, 0.4) is 0 Å². The van der Waals surface area contributed by atoms with Gasteiger partial charge in [-0.3, -0.25) is 0 Å². The van der Waals surface area contributed by atoms with E-state index in [4.69, 9.17) is 4.74 Å². The van der Waals surface area contributed by atoms with E-state index < -0.39 is 0 Å². The molecule has 1 aromatic carbocycles. The normalized spacial score (nSPS) is 11.7. The van der Waals surface area contributed by atoms with E-state index in [9.17, 15) is 5.11 Å². The predicted octanol–water partition coefficient (Wildman–Crippen LogP) is 5.42. The number of aromatic hydroxyl groups is 1. The van der Waals surface area contributed by atoms with E-state index in [2.05, 4.69) is 62.7 Å². The Bertz CT molecular complexity index is 940. The van der Waals surface area contributed by atoms with Crippen molar-refractivity contribution >= 4 is 50.0 Å². The number of azo groups is 1. The molecule has 0 atom stereocenters.